The van der Waals surface area contributed by atoms with Gasteiger partial charge in [0.05, 0.1) is 25.3 Å². The van der Waals surface area contributed by atoms with Crippen molar-refractivity contribution >= 4 is 28.1 Å². The molecule has 0 aromatic rings. The number of nitrogens with zero attached hydrogens (tertiary/aromatic N) is 4. The van der Waals surface area contributed by atoms with Crippen LogP contribution in [0.4, 0.5) is 9.59 Å². The van der Waals surface area contributed by atoms with Crippen LogP contribution >= 0.6 is 0 Å². The van der Waals surface area contributed by atoms with Gasteiger partial charge in [-0.3, -0.25) is 4.79 Å². The summed E-state index contributed by atoms with van der Waals surface area (Å²) in [7, 11) is -3.27. The molecule has 11 nitrogen and oxygen atoms in total. The summed E-state index contributed by atoms with van der Waals surface area (Å²) in [5.41, 5.74) is 0. The molecule has 4 heterocycles. The molecule has 25 heavy (non-hydrogen) atoms. The summed E-state index contributed by atoms with van der Waals surface area (Å²) in [6.07, 6.45) is 1.53. The quantitative estimate of drug-likeness (QED) is 0.589. The first-order valence-electron chi connectivity index (χ1n) is 8.11. The Hall–Kier alpha value is -2.08. The maximum absolute atomic E-state index is 11.1. The number of hydrogen-bond donors (Lipinski definition) is 0. The number of likely N-dealkylation sites (tertiary alicyclic amines) is 2. The minimum atomic E-state index is -3.27. The first-order chi connectivity index (χ1) is 11.9. The SMILES string of the molecule is O=C(ON1CCC1=O)N1CCC1.O=C(ON1CCS1(=O)=O)N1CCC1. The monoisotopic (exact) mass is 376 g/mol. The number of carbonyl (C=O) groups excluding carboxylic acids is 3. The first-order valence-corrected chi connectivity index (χ1v) is 9.72. The van der Waals surface area contributed by atoms with Crippen LogP contribution in [0.15, 0.2) is 0 Å². The summed E-state index contributed by atoms with van der Waals surface area (Å²) >= 11 is 0. The first kappa shape index (κ1) is 17.7. The van der Waals surface area contributed by atoms with Crippen molar-refractivity contribution in [2.75, 3.05) is 45.0 Å². The van der Waals surface area contributed by atoms with Gasteiger partial charge >= 0.3 is 12.2 Å². The third kappa shape index (κ3) is 3.95. The minimum absolute atomic E-state index is 0.0697. The molecular weight excluding hydrogens is 356 g/mol. The predicted octanol–water partition coefficient (Wildman–Crippen LogP) is -0.635. The molecule has 0 radical (unpaired) electrons. The Morgan fingerprint density at radius 2 is 1.40 bits per heavy atom. The molecule has 12 heteroatoms. The third-order valence-corrected chi connectivity index (χ3v) is 5.82. The maximum Gasteiger partial charge on any atom is 0.434 e. The topological polar surface area (TPSA) is 117 Å². The zero-order chi connectivity index (χ0) is 18.0. The van der Waals surface area contributed by atoms with Gasteiger partial charge in [-0.25, -0.2) is 18.0 Å². The van der Waals surface area contributed by atoms with Crippen LogP contribution in [0.3, 0.4) is 0 Å². The molecule has 0 bridgehead atoms. The molecule has 4 saturated heterocycles. The molecule has 0 atom stereocenters. The molecule has 4 rings (SSSR count). The second kappa shape index (κ2) is 7.04. The van der Waals surface area contributed by atoms with Crippen molar-refractivity contribution in [3.63, 3.8) is 0 Å². The second-order valence-corrected chi connectivity index (χ2v) is 7.96. The van der Waals surface area contributed by atoms with Gasteiger partial charge < -0.3 is 19.5 Å². The van der Waals surface area contributed by atoms with E-state index in [4.69, 9.17) is 4.84 Å². The smallest absolute Gasteiger partial charge is 0.335 e. The van der Waals surface area contributed by atoms with Crippen molar-refractivity contribution in [2.45, 2.75) is 19.3 Å². The van der Waals surface area contributed by atoms with Crippen LogP contribution in [0, 0.1) is 0 Å². The minimum Gasteiger partial charge on any atom is -0.335 e. The Kier molecular flexibility index (Phi) is 4.99. The standard InChI is InChI=1S/C7H10N2O3.C6H10N2O4S/c10-6-2-5-9(6)12-7(11)8-3-1-4-8;9-6(7-2-1-3-7)12-8-4-5-13(8,10)11/h1-5H2;1-5H2. The van der Waals surface area contributed by atoms with E-state index >= 15 is 0 Å². The third-order valence-electron chi connectivity index (χ3n) is 4.25. The Balaban J connectivity index is 0.000000146. The van der Waals surface area contributed by atoms with Gasteiger partial charge in [0.1, 0.15) is 0 Å². The maximum atomic E-state index is 11.1. The Bertz CT molecular complexity index is 659. The Morgan fingerprint density at radius 1 is 0.840 bits per heavy atom. The number of β-lactam (4-membered cyclic amide) rings is 1. The average molecular weight is 376 g/mol. The van der Waals surface area contributed by atoms with E-state index in [1.165, 1.54) is 4.90 Å². The van der Waals surface area contributed by atoms with Crippen LogP contribution in [0.1, 0.15) is 19.3 Å². The van der Waals surface area contributed by atoms with Crippen molar-refractivity contribution in [2.24, 2.45) is 0 Å². The molecule has 4 fully saturated rings. The normalized spacial score (nSPS) is 23.8. The number of amides is 3. The van der Waals surface area contributed by atoms with Crippen LogP contribution in [0.25, 0.3) is 0 Å². The number of rotatable bonds is 2. The molecule has 3 amide bonds. The predicted molar refractivity (Wildman–Crippen MR) is 82.2 cm³/mol. The molecular formula is C13H20N4O7S. The summed E-state index contributed by atoms with van der Waals surface area (Å²) in [5.74, 6) is -0.0378. The van der Waals surface area contributed by atoms with Crippen molar-refractivity contribution < 1.29 is 32.5 Å². The second-order valence-electron chi connectivity index (χ2n) is 5.98. The summed E-state index contributed by atoms with van der Waals surface area (Å²) in [4.78, 5) is 45.4. The van der Waals surface area contributed by atoms with E-state index in [0.29, 0.717) is 26.1 Å². The van der Waals surface area contributed by atoms with E-state index in [9.17, 15) is 22.8 Å². The van der Waals surface area contributed by atoms with E-state index in [2.05, 4.69) is 4.84 Å². The molecule has 4 aliphatic rings. The molecule has 0 aromatic heterocycles. The van der Waals surface area contributed by atoms with Gasteiger partial charge in [0.15, 0.2) is 0 Å². The van der Waals surface area contributed by atoms with E-state index in [0.717, 1.165) is 35.5 Å². The lowest BCUT2D eigenvalue weighted by Crippen LogP contribution is -2.52. The fourth-order valence-corrected chi connectivity index (χ4v) is 2.91. The van der Waals surface area contributed by atoms with Gasteiger partial charge in [-0.1, -0.05) is 0 Å². The highest BCUT2D eigenvalue weighted by Crippen LogP contribution is 2.16. The van der Waals surface area contributed by atoms with E-state index in [-0.39, 0.29) is 18.2 Å². The lowest BCUT2D eigenvalue weighted by atomic mass is 10.2. The van der Waals surface area contributed by atoms with Crippen LogP contribution in [-0.4, -0.2) is 90.9 Å². The van der Waals surface area contributed by atoms with Gasteiger partial charge in [-0.15, -0.1) is 0 Å². The highest BCUT2D eigenvalue weighted by Gasteiger charge is 2.38. The molecule has 0 aliphatic carbocycles. The molecule has 0 N–H and O–H groups in total. The molecule has 140 valence electrons. The molecule has 4 aliphatic heterocycles. The number of sulfonamides is 1. The van der Waals surface area contributed by atoms with Crippen molar-refractivity contribution in [3.05, 3.63) is 0 Å². The summed E-state index contributed by atoms with van der Waals surface area (Å²) in [6, 6.07) is 0. The zero-order valence-electron chi connectivity index (χ0n) is 13.6. The van der Waals surface area contributed by atoms with Gasteiger partial charge in [0.2, 0.25) is 10.0 Å². The fraction of sp³-hybridized carbons (Fsp3) is 0.769. The van der Waals surface area contributed by atoms with Gasteiger partial charge in [0, 0.05) is 26.2 Å². The van der Waals surface area contributed by atoms with Gasteiger partial charge in [-0.2, -0.15) is 5.06 Å². The van der Waals surface area contributed by atoms with E-state index in [1.807, 2.05) is 0 Å². The Morgan fingerprint density at radius 3 is 1.68 bits per heavy atom. The lowest BCUT2D eigenvalue weighted by molar-refractivity contribution is -0.188. The van der Waals surface area contributed by atoms with Crippen molar-refractivity contribution in [1.29, 1.82) is 0 Å². The molecule has 0 unspecified atom stereocenters. The number of hydrogen-bond acceptors (Lipinski definition) is 7. The number of carbonyl (C=O) groups is 3. The summed E-state index contributed by atoms with van der Waals surface area (Å²) in [5, 5.41) is 1.11. The van der Waals surface area contributed by atoms with Crippen molar-refractivity contribution in [3.8, 4) is 0 Å². The lowest BCUT2D eigenvalue weighted by Gasteiger charge is -2.34. The highest BCUT2D eigenvalue weighted by molar-refractivity contribution is 7.90. The van der Waals surface area contributed by atoms with Crippen molar-refractivity contribution in [1.82, 2.24) is 19.3 Å². The fourth-order valence-electron chi connectivity index (χ4n) is 2.10. The molecule has 0 spiro atoms. The zero-order valence-corrected chi connectivity index (χ0v) is 14.4. The van der Waals surface area contributed by atoms with Gasteiger partial charge in [0.25, 0.3) is 5.91 Å². The van der Waals surface area contributed by atoms with E-state index in [1.54, 1.807) is 4.90 Å². The largest absolute Gasteiger partial charge is 0.434 e. The molecule has 0 saturated carbocycles. The van der Waals surface area contributed by atoms with E-state index < -0.39 is 22.2 Å². The van der Waals surface area contributed by atoms with Crippen LogP contribution in [0.5, 0.6) is 0 Å². The summed E-state index contributed by atoms with van der Waals surface area (Å²) < 4.78 is 22.6. The van der Waals surface area contributed by atoms with Crippen LogP contribution in [-0.2, 0) is 24.5 Å². The van der Waals surface area contributed by atoms with Crippen LogP contribution in [0.2, 0.25) is 0 Å². The van der Waals surface area contributed by atoms with Crippen LogP contribution < -0.4 is 0 Å². The summed E-state index contributed by atoms with van der Waals surface area (Å²) in [6.45, 7) is 3.64. The highest BCUT2D eigenvalue weighted by atomic mass is 32.2. The molecule has 0 aromatic carbocycles. The number of hydroxylamine groups is 3. The average Bonchev–Trinajstić information content (AvgIpc) is 2.45. The Labute approximate surface area is 145 Å². The van der Waals surface area contributed by atoms with Gasteiger partial charge in [-0.05, 0) is 17.3 Å².